The Morgan fingerprint density at radius 1 is 1.08 bits per heavy atom. The van der Waals surface area contributed by atoms with Gasteiger partial charge in [-0.1, -0.05) is 63.1 Å². The Bertz CT molecular complexity index is 1130. The quantitative estimate of drug-likeness (QED) is 0.218. The molecule has 0 spiro atoms. The van der Waals surface area contributed by atoms with Crippen molar-refractivity contribution in [2.24, 2.45) is 16.9 Å². The van der Waals surface area contributed by atoms with Gasteiger partial charge in [-0.25, -0.2) is 4.79 Å². The number of nitrogen functional groups attached to an aromatic ring is 1. The number of hydrogen-bond acceptors (Lipinski definition) is 5. The highest BCUT2D eigenvalue weighted by molar-refractivity contribution is 6.33. The zero-order chi connectivity index (χ0) is 25.1. The molecule has 192 valence electrons. The predicted octanol–water partition coefficient (Wildman–Crippen LogP) is 7.39. The third-order valence-corrected chi connectivity index (χ3v) is 8.54. The van der Waals surface area contributed by atoms with Crippen LogP contribution in [0.4, 0.5) is 11.4 Å². The molecule has 2 aliphatic carbocycles. The van der Waals surface area contributed by atoms with Crippen LogP contribution in [-0.2, 0) is 11.2 Å². The van der Waals surface area contributed by atoms with E-state index in [4.69, 9.17) is 27.2 Å². The van der Waals surface area contributed by atoms with Crippen LogP contribution in [0.2, 0.25) is 5.02 Å². The number of anilines is 2. The van der Waals surface area contributed by atoms with Crippen LogP contribution in [-0.4, -0.2) is 24.3 Å². The molecule has 2 aromatic rings. The third-order valence-electron chi connectivity index (χ3n) is 8.22. The first-order valence-electron chi connectivity index (χ1n) is 13.8. The van der Waals surface area contributed by atoms with E-state index in [0.29, 0.717) is 40.8 Å². The number of rotatable bonds is 9. The predicted molar refractivity (Wildman–Crippen MR) is 148 cm³/mol. The van der Waals surface area contributed by atoms with E-state index < -0.39 is 0 Å². The van der Waals surface area contributed by atoms with Crippen molar-refractivity contribution >= 4 is 34.7 Å². The van der Waals surface area contributed by atoms with E-state index in [1.807, 2.05) is 30.3 Å². The molecule has 1 saturated carbocycles. The summed E-state index contributed by atoms with van der Waals surface area (Å²) in [5, 5.41) is 8.00. The summed E-state index contributed by atoms with van der Waals surface area (Å²) in [6.45, 7) is 2.70. The van der Waals surface area contributed by atoms with Gasteiger partial charge in [-0.2, -0.15) is 5.10 Å². The minimum Gasteiger partial charge on any atom is -0.462 e. The molecule has 2 unspecified atom stereocenters. The number of benzene rings is 2. The van der Waals surface area contributed by atoms with Gasteiger partial charge in [0, 0.05) is 11.5 Å². The Labute approximate surface area is 220 Å². The lowest BCUT2D eigenvalue weighted by molar-refractivity contribution is 0.0497. The number of nitrogens with two attached hydrogens (primary N) is 1. The van der Waals surface area contributed by atoms with Crippen LogP contribution in [0, 0.1) is 11.8 Å². The second kappa shape index (κ2) is 11.2. The number of fused-ring (bicyclic) bond motifs is 3. The van der Waals surface area contributed by atoms with E-state index in [0.717, 1.165) is 37.1 Å². The van der Waals surface area contributed by atoms with Crippen molar-refractivity contribution < 1.29 is 9.53 Å². The van der Waals surface area contributed by atoms with Gasteiger partial charge in [-0.15, -0.1) is 0 Å². The first kappa shape index (κ1) is 25.1. The van der Waals surface area contributed by atoms with Crippen molar-refractivity contribution in [3.63, 3.8) is 0 Å². The summed E-state index contributed by atoms with van der Waals surface area (Å²) in [5.74, 6) is 0.796. The van der Waals surface area contributed by atoms with Gasteiger partial charge in [0.05, 0.1) is 40.3 Å². The van der Waals surface area contributed by atoms with Crippen LogP contribution >= 0.6 is 11.6 Å². The fraction of sp³-hybridized carbons (Fsp3) is 0.533. The molecule has 0 aromatic heterocycles. The second-order valence-electron chi connectivity index (χ2n) is 10.6. The highest BCUT2D eigenvalue weighted by atomic mass is 35.5. The lowest BCUT2D eigenvalue weighted by atomic mass is 9.75. The van der Waals surface area contributed by atoms with Crippen LogP contribution in [0.15, 0.2) is 41.5 Å². The molecule has 0 bridgehead atoms. The molecular weight excluding hydrogens is 470 g/mol. The minimum atomic E-state index is -0.217. The van der Waals surface area contributed by atoms with E-state index in [-0.39, 0.29) is 5.97 Å². The van der Waals surface area contributed by atoms with Crippen molar-refractivity contribution in [1.82, 2.24) is 0 Å². The summed E-state index contributed by atoms with van der Waals surface area (Å²) >= 11 is 6.40. The fourth-order valence-electron chi connectivity index (χ4n) is 6.31. The fourth-order valence-corrected chi connectivity index (χ4v) is 6.48. The largest absolute Gasteiger partial charge is 0.462 e. The summed E-state index contributed by atoms with van der Waals surface area (Å²) in [5.41, 5.74) is 11.8. The van der Waals surface area contributed by atoms with Crippen LogP contribution in [0.25, 0.3) is 0 Å². The first-order chi connectivity index (χ1) is 17.6. The molecule has 1 aliphatic heterocycles. The molecule has 2 aromatic carbocycles. The number of hydrogen-bond donors (Lipinski definition) is 1. The van der Waals surface area contributed by atoms with Crippen molar-refractivity contribution in [3.05, 3.63) is 58.1 Å². The SMILES string of the molecule is CCCCCCCOC(=O)c1ccc2c(c1)CCC1C2=NN(c2ccc(N)c(Cl)c2)C1C1CCCC1. The molecule has 2 atom stereocenters. The van der Waals surface area contributed by atoms with Gasteiger partial charge in [0.2, 0.25) is 0 Å². The van der Waals surface area contributed by atoms with Crippen molar-refractivity contribution in [3.8, 4) is 0 Å². The Kier molecular flexibility index (Phi) is 7.85. The number of hydrazone groups is 1. The maximum Gasteiger partial charge on any atom is 0.338 e. The Hall–Kier alpha value is -2.53. The topological polar surface area (TPSA) is 67.9 Å². The number of halogens is 1. The number of esters is 1. The number of unbranched alkanes of at least 4 members (excludes halogenated alkanes) is 4. The second-order valence-corrected chi connectivity index (χ2v) is 11.0. The molecule has 5 nitrogen and oxygen atoms in total. The molecule has 2 N–H and O–H groups in total. The molecule has 0 amide bonds. The Morgan fingerprint density at radius 3 is 2.67 bits per heavy atom. The summed E-state index contributed by atoms with van der Waals surface area (Å²) in [4.78, 5) is 12.7. The van der Waals surface area contributed by atoms with Gasteiger partial charge < -0.3 is 10.5 Å². The monoisotopic (exact) mass is 507 g/mol. The maximum atomic E-state index is 12.7. The van der Waals surface area contributed by atoms with Crippen LogP contribution < -0.4 is 10.7 Å². The van der Waals surface area contributed by atoms with Crippen molar-refractivity contribution in [2.75, 3.05) is 17.3 Å². The molecule has 3 aliphatic rings. The number of carbonyl (C=O) groups is 1. The van der Waals surface area contributed by atoms with E-state index in [2.05, 4.69) is 18.0 Å². The average Bonchev–Trinajstić information content (AvgIpc) is 3.55. The molecule has 6 heteroatoms. The van der Waals surface area contributed by atoms with Crippen LogP contribution in [0.1, 0.15) is 92.6 Å². The number of ether oxygens (including phenoxy) is 1. The standard InChI is InChI=1S/C30H38ClN3O2/c1-2-3-4-5-8-17-36-30(35)22-12-14-24-21(18-22)11-15-25-28(24)33-34(29(25)20-9-6-7-10-20)23-13-16-27(32)26(31)19-23/h12-14,16,18-20,25,29H,2-11,15,17,32H2,1H3. The summed E-state index contributed by atoms with van der Waals surface area (Å²) in [6, 6.07) is 12.2. The number of aryl methyl sites for hydroxylation is 1. The van der Waals surface area contributed by atoms with Gasteiger partial charge in [0.25, 0.3) is 0 Å². The molecule has 36 heavy (non-hydrogen) atoms. The minimum absolute atomic E-state index is 0.217. The van der Waals surface area contributed by atoms with Gasteiger partial charge in [-0.3, -0.25) is 5.01 Å². The molecule has 1 fully saturated rings. The van der Waals surface area contributed by atoms with E-state index >= 15 is 0 Å². The molecule has 5 rings (SSSR count). The van der Waals surface area contributed by atoms with E-state index in [1.54, 1.807) is 0 Å². The van der Waals surface area contributed by atoms with Gasteiger partial charge in [0.15, 0.2) is 0 Å². The highest BCUT2D eigenvalue weighted by Crippen LogP contribution is 2.45. The smallest absolute Gasteiger partial charge is 0.338 e. The zero-order valence-corrected chi connectivity index (χ0v) is 22.1. The Morgan fingerprint density at radius 2 is 1.89 bits per heavy atom. The zero-order valence-electron chi connectivity index (χ0n) is 21.3. The van der Waals surface area contributed by atoms with Crippen LogP contribution in [0.5, 0.6) is 0 Å². The normalized spacial score (nSPS) is 21.3. The summed E-state index contributed by atoms with van der Waals surface area (Å²) in [6.07, 6.45) is 12.8. The highest BCUT2D eigenvalue weighted by Gasteiger charge is 2.45. The lowest BCUT2D eigenvalue weighted by Gasteiger charge is -2.34. The van der Waals surface area contributed by atoms with Crippen LogP contribution in [0.3, 0.4) is 0 Å². The molecular formula is C30H38ClN3O2. The summed E-state index contributed by atoms with van der Waals surface area (Å²) < 4.78 is 5.57. The first-order valence-corrected chi connectivity index (χ1v) is 14.2. The van der Waals surface area contributed by atoms with Gasteiger partial charge in [-0.05, 0) is 73.9 Å². The maximum absolute atomic E-state index is 12.7. The number of carbonyl (C=O) groups excluding carboxylic acids is 1. The average molecular weight is 508 g/mol. The van der Waals surface area contributed by atoms with E-state index in [1.165, 1.54) is 56.1 Å². The third kappa shape index (κ3) is 5.13. The lowest BCUT2D eigenvalue weighted by Crippen LogP contribution is -2.40. The molecule has 1 heterocycles. The Balaban J connectivity index is 1.36. The van der Waals surface area contributed by atoms with Gasteiger partial charge in [0.1, 0.15) is 0 Å². The number of nitrogens with zero attached hydrogens (tertiary/aromatic N) is 2. The van der Waals surface area contributed by atoms with E-state index in [9.17, 15) is 4.79 Å². The summed E-state index contributed by atoms with van der Waals surface area (Å²) in [7, 11) is 0. The molecule has 0 saturated heterocycles. The van der Waals surface area contributed by atoms with Crippen molar-refractivity contribution in [2.45, 2.75) is 83.6 Å². The van der Waals surface area contributed by atoms with Gasteiger partial charge >= 0.3 is 5.97 Å². The molecule has 0 radical (unpaired) electrons. The van der Waals surface area contributed by atoms with Crippen molar-refractivity contribution in [1.29, 1.82) is 0 Å².